The molecular weight excluding hydrogens is 542 g/mol. The molecule has 0 unspecified atom stereocenters. The highest BCUT2D eigenvalue weighted by molar-refractivity contribution is 7.92. The van der Waals surface area contributed by atoms with E-state index in [0.717, 1.165) is 37.3 Å². The normalized spacial score (nSPS) is 18.2. The largest absolute Gasteiger partial charge is 0.395 e. The van der Waals surface area contributed by atoms with Crippen LogP contribution in [0.25, 0.3) is 17.1 Å². The highest BCUT2D eigenvalue weighted by Crippen LogP contribution is 2.33. The Kier molecular flexibility index (Phi) is 7.91. The predicted octanol–water partition coefficient (Wildman–Crippen LogP) is 3.24. The number of rotatable bonds is 8. The second kappa shape index (κ2) is 11.2. The van der Waals surface area contributed by atoms with E-state index in [2.05, 4.69) is 36.8 Å². The van der Waals surface area contributed by atoms with Gasteiger partial charge in [0.15, 0.2) is 0 Å². The molecule has 2 saturated heterocycles. The number of aryl methyl sites for hydroxylation is 1. The maximum absolute atomic E-state index is 13.7. The standard InChI is InChI=1S/C26H34F2N8O3S/c1-18-5-9-34(10-6-18)24-16-20(32-40(38,39)14-13-37)3-4-23(24)36-17-22(31-33-36)21-15-19(2)29-25(30-21)35-11-7-26(27,28)8-12-35/h3-4,15-18,32,37H,5-14H2,1-2H3. The van der Waals surface area contributed by atoms with Gasteiger partial charge in [0.05, 0.1) is 41.3 Å². The summed E-state index contributed by atoms with van der Waals surface area (Å²) in [6, 6.07) is 7.00. The lowest BCUT2D eigenvalue weighted by Gasteiger charge is -2.33. The quantitative estimate of drug-likeness (QED) is 0.415. The minimum atomic E-state index is -3.69. The molecule has 2 fully saturated rings. The molecule has 2 aliphatic rings. The molecular formula is C26H34F2N8O3S. The zero-order valence-corrected chi connectivity index (χ0v) is 23.4. The summed E-state index contributed by atoms with van der Waals surface area (Å²) in [6.45, 7) is 5.54. The van der Waals surface area contributed by atoms with Gasteiger partial charge in [0.25, 0.3) is 5.92 Å². The fourth-order valence-corrected chi connectivity index (χ4v) is 5.82. The van der Waals surface area contributed by atoms with Crippen LogP contribution < -0.4 is 14.5 Å². The highest BCUT2D eigenvalue weighted by Gasteiger charge is 2.35. The van der Waals surface area contributed by atoms with Crippen molar-refractivity contribution in [3.8, 4) is 17.1 Å². The zero-order chi connectivity index (χ0) is 28.5. The molecule has 0 spiro atoms. The number of sulfonamides is 1. The van der Waals surface area contributed by atoms with Gasteiger partial charge >= 0.3 is 0 Å². The van der Waals surface area contributed by atoms with E-state index in [9.17, 15) is 17.2 Å². The van der Waals surface area contributed by atoms with Crippen molar-refractivity contribution in [3.63, 3.8) is 0 Å². The van der Waals surface area contributed by atoms with Gasteiger partial charge in [-0.2, -0.15) is 0 Å². The Morgan fingerprint density at radius 3 is 2.45 bits per heavy atom. The number of nitrogens with zero attached hydrogens (tertiary/aromatic N) is 7. The number of aromatic nitrogens is 5. The van der Waals surface area contributed by atoms with Crippen LogP contribution in [0.15, 0.2) is 30.5 Å². The van der Waals surface area contributed by atoms with Crippen LogP contribution in [0.1, 0.15) is 38.3 Å². The van der Waals surface area contributed by atoms with Crippen LogP contribution in [0.2, 0.25) is 0 Å². The van der Waals surface area contributed by atoms with E-state index in [1.54, 1.807) is 40.0 Å². The third-order valence-corrected chi connectivity index (χ3v) is 8.62. The van der Waals surface area contributed by atoms with E-state index in [-0.39, 0.29) is 25.9 Å². The molecule has 1 aromatic carbocycles. The molecule has 5 rings (SSSR count). The first-order chi connectivity index (χ1) is 19.0. The summed E-state index contributed by atoms with van der Waals surface area (Å²) < 4.78 is 56.1. The Bertz CT molecular complexity index is 1450. The van der Waals surface area contributed by atoms with Crippen molar-refractivity contribution in [3.05, 3.63) is 36.2 Å². The Hall–Kier alpha value is -3.39. The minimum Gasteiger partial charge on any atom is -0.395 e. The van der Waals surface area contributed by atoms with Crippen LogP contribution in [0.3, 0.4) is 0 Å². The van der Waals surface area contributed by atoms with E-state index in [1.807, 2.05) is 6.92 Å². The van der Waals surface area contributed by atoms with E-state index in [0.29, 0.717) is 34.6 Å². The van der Waals surface area contributed by atoms with Crippen molar-refractivity contribution in [2.45, 2.75) is 45.5 Å². The van der Waals surface area contributed by atoms with E-state index < -0.39 is 28.3 Å². The van der Waals surface area contributed by atoms with Crippen molar-refractivity contribution < 1.29 is 22.3 Å². The molecule has 216 valence electrons. The van der Waals surface area contributed by atoms with Crippen LogP contribution >= 0.6 is 0 Å². The molecule has 0 amide bonds. The molecule has 0 saturated carbocycles. The number of anilines is 3. The highest BCUT2D eigenvalue weighted by atomic mass is 32.2. The maximum atomic E-state index is 13.7. The van der Waals surface area contributed by atoms with Gasteiger partial charge < -0.3 is 14.9 Å². The fraction of sp³-hybridized carbons (Fsp3) is 0.538. The average Bonchev–Trinajstić information content (AvgIpc) is 3.39. The van der Waals surface area contributed by atoms with E-state index in [4.69, 9.17) is 5.11 Å². The third kappa shape index (κ3) is 6.49. The number of alkyl halides is 2. The van der Waals surface area contributed by atoms with Gasteiger partial charge in [-0.1, -0.05) is 12.1 Å². The number of hydrogen-bond donors (Lipinski definition) is 2. The van der Waals surface area contributed by atoms with Crippen LogP contribution in [0.5, 0.6) is 0 Å². The SMILES string of the molecule is Cc1cc(-c2cn(-c3ccc(NS(=O)(=O)CCO)cc3N3CCC(C)CC3)nn2)nc(N2CCC(F)(F)CC2)n1. The number of aliphatic hydroxyl groups is 1. The van der Waals surface area contributed by atoms with Crippen LogP contribution in [-0.4, -0.2) is 82.9 Å². The number of piperidine rings is 2. The lowest BCUT2D eigenvalue weighted by Crippen LogP contribution is -2.40. The summed E-state index contributed by atoms with van der Waals surface area (Å²) in [6.07, 6.45) is 3.29. The third-order valence-electron chi connectivity index (χ3n) is 7.36. The predicted molar refractivity (Wildman–Crippen MR) is 149 cm³/mol. The second-order valence-corrected chi connectivity index (χ2v) is 12.4. The van der Waals surface area contributed by atoms with Crippen molar-refractivity contribution in [2.75, 3.05) is 53.1 Å². The topological polar surface area (TPSA) is 129 Å². The summed E-state index contributed by atoms with van der Waals surface area (Å²) in [4.78, 5) is 13.1. The Morgan fingerprint density at radius 1 is 1.02 bits per heavy atom. The molecule has 0 bridgehead atoms. The molecule has 4 heterocycles. The Balaban J connectivity index is 1.46. The van der Waals surface area contributed by atoms with Crippen molar-refractivity contribution in [2.24, 2.45) is 5.92 Å². The maximum Gasteiger partial charge on any atom is 0.251 e. The summed E-state index contributed by atoms with van der Waals surface area (Å²) in [7, 11) is -3.69. The van der Waals surface area contributed by atoms with Gasteiger partial charge in [-0.15, -0.1) is 5.10 Å². The van der Waals surface area contributed by atoms with Crippen LogP contribution in [0, 0.1) is 12.8 Å². The van der Waals surface area contributed by atoms with Crippen molar-refractivity contribution in [1.29, 1.82) is 0 Å². The van der Waals surface area contributed by atoms with Gasteiger partial charge in [-0.25, -0.2) is 31.8 Å². The summed E-state index contributed by atoms with van der Waals surface area (Å²) in [5, 5.41) is 17.8. The van der Waals surface area contributed by atoms with Gasteiger partial charge in [0.1, 0.15) is 5.69 Å². The molecule has 2 N–H and O–H groups in total. The number of halogens is 2. The number of hydrogen-bond acceptors (Lipinski definition) is 9. The van der Waals surface area contributed by atoms with Crippen LogP contribution in [0.4, 0.5) is 26.1 Å². The lowest BCUT2D eigenvalue weighted by atomic mass is 9.98. The van der Waals surface area contributed by atoms with E-state index >= 15 is 0 Å². The number of nitrogens with one attached hydrogen (secondary N) is 1. The second-order valence-electron chi connectivity index (χ2n) is 10.6. The first-order valence-corrected chi connectivity index (χ1v) is 15.1. The molecule has 40 heavy (non-hydrogen) atoms. The first kappa shape index (κ1) is 28.1. The Labute approximate surface area is 232 Å². The molecule has 0 radical (unpaired) electrons. The molecule has 14 heteroatoms. The fourth-order valence-electron chi connectivity index (χ4n) is 4.99. The van der Waals surface area contributed by atoms with Crippen molar-refractivity contribution >= 4 is 27.3 Å². The molecule has 0 aliphatic carbocycles. The minimum absolute atomic E-state index is 0.175. The molecule has 0 atom stereocenters. The monoisotopic (exact) mass is 576 g/mol. The smallest absolute Gasteiger partial charge is 0.251 e. The van der Waals surface area contributed by atoms with Gasteiger partial charge in [0.2, 0.25) is 16.0 Å². The molecule has 2 aliphatic heterocycles. The molecule has 2 aromatic heterocycles. The Morgan fingerprint density at radius 2 is 1.75 bits per heavy atom. The zero-order valence-electron chi connectivity index (χ0n) is 22.6. The summed E-state index contributed by atoms with van der Waals surface area (Å²) in [5.41, 5.74) is 3.65. The average molecular weight is 577 g/mol. The van der Waals surface area contributed by atoms with E-state index in [1.165, 1.54) is 0 Å². The van der Waals surface area contributed by atoms with Crippen molar-refractivity contribution in [1.82, 2.24) is 25.0 Å². The van der Waals surface area contributed by atoms with Gasteiger partial charge in [0, 0.05) is 44.7 Å². The van der Waals surface area contributed by atoms with Crippen LogP contribution in [-0.2, 0) is 10.0 Å². The first-order valence-electron chi connectivity index (χ1n) is 13.4. The lowest BCUT2D eigenvalue weighted by molar-refractivity contribution is -0.0222. The summed E-state index contributed by atoms with van der Waals surface area (Å²) >= 11 is 0. The summed E-state index contributed by atoms with van der Waals surface area (Å²) in [5.74, 6) is -2.06. The van der Waals surface area contributed by atoms with Gasteiger partial charge in [-0.3, -0.25) is 4.72 Å². The molecule has 11 nitrogen and oxygen atoms in total. The molecule has 3 aromatic rings. The number of aliphatic hydroxyl groups excluding tert-OH is 1. The van der Waals surface area contributed by atoms with Gasteiger partial charge in [-0.05, 0) is 49.9 Å². The number of benzene rings is 1.